The number of hydrogen-bond donors (Lipinski definition) is 1. The standard InChI is InChI=1S/C13H22IN3/c1-5-7-10-12(14)13(15-6-2)17-11(16-10)8-9(3)4/h9H,5-8H2,1-4H3,(H,15,16,17). The van der Waals surface area contributed by atoms with E-state index in [9.17, 15) is 0 Å². The van der Waals surface area contributed by atoms with Crippen LogP contribution in [0.5, 0.6) is 0 Å². The van der Waals surface area contributed by atoms with Crippen LogP contribution in [0.4, 0.5) is 5.82 Å². The second-order valence-electron chi connectivity index (χ2n) is 4.63. The Morgan fingerprint density at radius 2 is 1.94 bits per heavy atom. The Morgan fingerprint density at radius 3 is 2.47 bits per heavy atom. The molecule has 0 fully saturated rings. The van der Waals surface area contributed by atoms with Gasteiger partial charge >= 0.3 is 0 Å². The van der Waals surface area contributed by atoms with Gasteiger partial charge in [-0.15, -0.1) is 0 Å². The summed E-state index contributed by atoms with van der Waals surface area (Å²) >= 11 is 2.35. The highest BCUT2D eigenvalue weighted by atomic mass is 127. The van der Waals surface area contributed by atoms with E-state index in [2.05, 4.69) is 65.6 Å². The maximum atomic E-state index is 4.69. The first-order valence-corrected chi connectivity index (χ1v) is 7.45. The van der Waals surface area contributed by atoms with Crippen LogP contribution in [0.15, 0.2) is 0 Å². The Hall–Kier alpha value is -0.390. The molecule has 1 N–H and O–H groups in total. The number of aryl methyl sites for hydroxylation is 1. The molecule has 0 unspecified atom stereocenters. The Labute approximate surface area is 118 Å². The molecular weight excluding hydrogens is 325 g/mol. The molecule has 0 amide bonds. The van der Waals surface area contributed by atoms with Gasteiger partial charge in [-0.05, 0) is 41.9 Å². The molecule has 0 aromatic carbocycles. The van der Waals surface area contributed by atoms with Gasteiger partial charge in [-0.25, -0.2) is 9.97 Å². The van der Waals surface area contributed by atoms with Crippen molar-refractivity contribution in [2.45, 2.75) is 47.0 Å². The van der Waals surface area contributed by atoms with Gasteiger partial charge in [0.05, 0.1) is 9.26 Å². The molecule has 96 valence electrons. The van der Waals surface area contributed by atoms with Crippen LogP contribution in [-0.2, 0) is 12.8 Å². The van der Waals surface area contributed by atoms with Gasteiger partial charge in [0.15, 0.2) is 0 Å². The third-order valence-electron chi connectivity index (χ3n) is 2.39. The number of hydrogen-bond acceptors (Lipinski definition) is 3. The van der Waals surface area contributed by atoms with Crippen molar-refractivity contribution in [1.29, 1.82) is 0 Å². The average molecular weight is 347 g/mol. The molecule has 0 radical (unpaired) electrons. The van der Waals surface area contributed by atoms with E-state index in [4.69, 9.17) is 0 Å². The van der Waals surface area contributed by atoms with Crippen molar-refractivity contribution < 1.29 is 0 Å². The van der Waals surface area contributed by atoms with Gasteiger partial charge < -0.3 is 5.32 Å². The highest BCUT2D eigenvalue weighted by Crippen LogP contribution is 2.21. The van der Waals surface area contributed by atoms with E-state index in [0.717, 1.165) is 37.4 Å². The summed E-state index contributed by atoms with van der Waals surface area (Å²) in [5.41, 5.74) is 1.19. The molecule has 0 aliphatic carbocycles. The lowest BCUT2D eigenvalue weighted by atomic mass is 10.1. The summed E-state index contributed by atoms with van der Waals surface area (Å²) < 4.78 is 1.18. The van der Waals surface area contributed by atoms with Crippen LogP contribution < -0.4 is 5.32 Å². The van der Waals surface area contributed by atoms with Gasteiger partial charge in [0, 0.05) is 13.0 Å². The number of halogens is 1. The average Bonchev–Trinajstić information content (AvgIpc) is 2.24. The van der Waals surface area contributed by atoms with Crippen LogP contribution in [-0.4, -0.2) is 16.5 Å². The normalized spacial score (nSPS) is 10.9. The van der Waals surface area contributed by atoms with Crippen LogP contribution >= 0.6 is 22.6 Å². The molecule has 0 aliphatic heterocycles. The lowest BCUT2D eigenvalue weighted by Crippen LogP contribution is -2.11. The Bertz CT molecular complexity index is 337. The first kappa shape index (κ1) is 14.7. The van der Waals surface area contributed by atoms with Crippen LogP contribution in [0.1, 0.15) is 45.6 Å². The Morgan fingerprint density at radius 1 is 1.24 bits per heavy atom. The van der Waals surface area contributed by atoms with Crippen molar-refractivity contribution in [3.05, 3.63) is 15.1 Å². The Kier molecular flexibility index (Phi) is 6.16. The van der Waals surface area contributed by atoms with E-state index in [1.165, 1.54) is 9.26 Å². The molecule has 0 saturated heterocycles. The molecule has 0 bridgehead atoms. The van der Waals surface area contributed by atoms with Crippen LogP contribution in [0, 0.1) is 9.49 Å². The van der Waals surface area contributed by atoms with E-state index in [1.54, 1.807) is 0 Å². The van der Waals surface area contributed by atoms with Crippen LogP contribution in [0.3, 0.4) is 0 Å². The number of aromatic nitrogens is 2. The van der Waals surface area contributed by atoms with Crippen molar-refractivity contribution in [3.63, 3.8) is 0 Å². The summed E-state index contributed by atoms with van der Waals surface area (Å²) in [5.74, 6) is 2.57. The summed E-state index contributed by atoms with van der Waals surface area (Å²) in [6.45, 7) is 9.59. The zero-order chi connectivity index (χ0) is 12.8. The van der Waals surface area contributed by atoms with Gasteiger partial charge in [-0.1, -0.05) is 27.2 Å². The third kappa shape index (κ3) is 4.41. The zero-order valence-corrected chi connectivity index (χ0v) is 13.3. The lowest BCUT2D eigenvalue weighted by Gasteiger charge is -2.12. The van der Waals surface area contributed by atoms with Crippen LogP contribution in [0.2, 0.25) is 0 Å². The second-order valence-corrected chi connectivity index (χ2v) is 5.71. The number of nitrogens with zero attached hydrogens (tertiary/aromatic N) is 2. The fourth-order valence-corrected chi connectivity index (χ4v) is 2.39. The van der Waals surface area contributed by atoms with Gasteiger partial charge in [-0.3, -0.25) is 0 Å². The largest absolute Gasteiger partial charge is 0.369 e. The monoisotopic (exact) mass is 347 g/mol. The second kappa shape index (κ2) is 7.13. The van der Waals surface area contributed by atoms with Gasteiger partial charge in [0.2, 0.25) is 0 Å². The predicted molar refractivity (Wildman–Crippen MR) is 81.4 cm³/mol. The molecule has 1 aromatic rings. The van der Waals surface area contributed by atoms with Crippen molar-refractivity contribution in [3.8, 4) is 0 Å². The number of nitrogens with one attached hydrogen (secondary N) is 1. The number of rotatable bonds is 6. The quantitative estimate of drug-likeness (QED) is 0.798. The molecule has 0 aliphatic rings. The van der Waals surface area contributed by atoms with E-state index < -0.39 is 0 Å². The fraction of sp³-hybridized carbons (Fsp3) is 0.692. The van der Waals surface area contributed by atoms with E-state index >= 15 is 0 Å². The molecule has 0 atom stereocenters. The summed E-state index contributed by atoms with van der Waals surface area (Å²) in [7, 11) is 0. The summed E-state index contributed by atoms with van der Waals surface area (Å²) in [4.78, 5) is 9.30. The van der Waals surface area contributed by atoms with Gasteiger partial charge in [0.1, 0.15) is 11.6 Å². The van der Waals surface area contributed by atoms with E-state index in [-0.39, 0.29) is 0 Å². The SMILES string of the molecule is CCCc1nc(CC(C)C)nc(NCC)c1I. The van der Waals surface area contributed by atoms with Gasteiger partial charge in [0.25, 0.3) is 0 Å². The van der Waals surface area contributed by atoms with Crippen molar-refractivity contribution >= 4 is 28.4 Å². The summed E-state index contributed by atoms with van der Waals surface area (Å²) in [6, 6.07) is 0. The first-order chi connectivity index (χ1) is 8.08. The minimum Gasteiger partial charge on any atom is -0.369 e. The number of anilines is 1. The van der Waals surface area contributed by atoms with Gasteiger partial charge in [-0.2, -0.15) is 0 Å². The van der Waals surface area contributed by atoms with E-state index in [1.807, 2.05) is 0 Å². The molecule has 4 heteroatoms. The smallest absolute Gasteiger partial charge is 0.143 e. The first-order valence-electron chi connectivity index (χ1n) is 6.37. The fourth-order valence-electron chi connectivity index (χ4n) is 1.69. The molecule has 1 heterocycles. The molecule has 17 heavy (non-hydrogen) atoms. The minimum absolute atomic E-state index is 0.596. The maximum Gasteiger partial charge on any atom is 0.143 e. The molecule has 3 nitrogen and oxygen atoms in total. The molecule has 0 saturated carbocycles. The lowest BCUT2D eigenvalue weighted by molar-refractivity contribution is 0.616. The summed E-state index contributed by atoms with van der Waals surface area (Å²) in [6.07, 6.45) is 3.11. The zero-order valence-electron chi connectivity index (χ0n) is 11.2. The van der Waals surface area contributed by atoms with E-state index in [0.29, 0.717) is 5.92 Å². The summed E-state index contributed by atoms with van der Waals surface area (Å²) in [5, 5.41) is 3.33. The molecular formula is C13H22IN3. The third-order valence-corrected chi connectivity index (χ3v) is 3.52. The van der Waals surface area contributed by atoms with Crippen LogP contribution in [0.25, 0.3) is 0 Å². The van der Waals surface area contributed by atoms with Crippen molar-refractivity contribution in [2.75, 3.05) is 11.9 Å². The molecule has 1 aromatic heterocycles. The Balaban J connectivity index is 3.06. The van der Waals surface area contributed by atoms with Crippen molar-refractivity contribution in [1.82, 2.24) is 9.97 Å². The minimum atomic E-state index is 0.596. The van der Waals surface area contributed by atoms with Crippen molar-refractivity contribution in [2.24, 2.45) is 5.92 Å². The molecule has 1 rings (SSSR count). The topological polar surface area (TPSA) is 37.8 Å². The highest BCUT2D eigenvalue weighted by molar-refractivity contribution is 14.1. The maximum absolute atomic E-state index is 4.69. The predicted octanol–water partition coefficient (Wildman–Crippen LogP) is 3.66. The molecule has 0 spiro atoms. The highest BCUT2D eigenvalue weighted by Gasteiger charge is 2.11.